The number of benzene rings is 2. The van der Waals surface area contributed by atoms with Crippen LogP contribution in [0.1, 0.15) is 10.4 Å². The van der Waals surface area contributed by atoms with Crippen LogP contribution in [0.4, 0.5) is 10.1 Å². The molecule has 0 saturated carbocycles. The molecule has 0 radical (unpaired) electrons. The van der Waals surface area contributed by atoms with E-state index in [-0.39, 0.29) is 16.1 Å². The third-order valence-corrected chi connectivity index (χ3v) is 4.14. The molecule has 0 heterocycles. The molecule has 1 amide bonds. The molecule has 0 aliphatic rings. The Bertz CT molecular complexity index is 880. The van der Waals surface area contributed by atoms with Crippen molar-refractivity contribution in [3.05, 3.63) is 59.9 Å². The van der Waals surface area contributed by atoms with Crippen molar-refractivity contribution in [2.45, 2.75) is 4.90 Å². The smallest absolute Gasteiger partial charge is 0.341 e. The normalized spacial score (nSPS) is 10.9. The van der Waals surface area contributed by atoms with Crippen LogP contribution in [0.15, 0.2) is 53.4 Å². The highest BCUT2D eigenvalue weighted by molar-refractivity contribution is 7.90. The van der Waals surface area contributed by atoms with Gasteiger partial charge in [0.15, 0.2) is 16.4 Å². The fraction of sp³-hybridized carbons (Fsp3) is 0.125. The molecule has 0 aliphatic heterocycles. The monoisotopic (exact) mass is 351 g/mol. The molecule has 0 saturated heterocycles. The first-order valence-corrected chi connectivity index (χ1v) is 8.69. The molecule has 24 heavy (non-hydrogen) atoms. The van der Waals surface area contributed by atoms with Gasteiger partial charge in [0.1, 0.15) is 5.82 Å². The summed E-state index contributed by atoms with van der Waals surface area (Å²) in [6, 6.07) is 11.0. The summed E-state index contributed by atoms with van der Waals surface area (Å²) in [6.45, 7) is -0.675. The van der Waals surface area contributed by atoms with Gasteiger partial charge in [-0.05, 0) is 24.3 Å². The van der Waals surface area contributed by atoms with E-state index in [2.05, 4.69) is 5.32 Å². The van der Waals surface area contributed by atoms with E-state index in [1.54, 1.807) is 6.07 Å². The summed E-state index contributed by atoms with van der Waals surface area (Å²) in [5.74, 6) is -2.49. The van der Waals surface area contributed by atoms with Gasteiger partial charge < -0.3 is 10.1 Å². The highest BCUT2D eigenvalue weighted by Gasteiger charge is 2.17. The first kappa shape index (κ1) is 17.6. The van der Waals surface area contributed by atoms with Gasteiger partial charge >= 0.3 is 5.97 Å². The van der Waals surface area contributed by atoms with Gasteiger partial charge in [0.25, 0.3) is 5.91 Å². The first-order chi connectivity index (χ1) is 11.3. The summed E-state index contributed by atoms with van der Waals surface area (Å²) < 4.78 is 41.4. The maximum Gasteiger partial charge on any atom is 0.341 e. The van der Waals surface area contributed by atoms with Crippen molar-refractivity contribution in [3.8, 4) is 0 Å². The second-order valence-electron chi connectivity index (χ2n) is 4.87. The average molecular weight is 351 g/mol. The minimum absolute atomic E-state index is 0.0567. The number of sulfone groups is 1. The van der Waals surface area contributed by atoms with Crippen LogP contribution < -0.4 is 5.32 Å². The zero-order valence-electron chi connectivity index (χ0n) is 12.7. The predicted molar refractivity (Wildman–Crippen MR) is 84.9 cm³/mol. The molecule has 1 N–H and O–H groups in total. The number of carbonyl (C=O) groups excluding carboxylic acids is 2. The Morgan fingerprint density at radius 3 is 2.38 bits per heavy atom. The van der Waals surface area contributed by atoms with Crippen LogP contribution >= 0.6 is 0 Å². The molecule has 126 valence electrons. The standard InChI is InChI=1S/C16H14FNO5S/c1-24(21,22)14-9-5-4-8-13(14)18-15(19)10-23-16(20)11-6-2-3-7-12(11)17/h2-9H,10H2,1H3,(H,18,19). The van der Waals surface area contributed by atoms with Gasteiger partial charge in [-0.3, -0.25) is 4.79 Å². The topological polar surface area (TPSA) is 89.5 Å². The Balaban J connectivity index is 2.03. The average Bonchev–Trinajstić information content (AvgIpc) is 2.52. The van der Waals surface area contributed by atoms with Crippen LogP contribution in [-0.2, 0) is 19.4 Å². The lowest BCUT2D eigenvalue weighted by Gasteiger charge is -2.10. The molecule has 6 nitrogen and oxygen atoms in total. The van der Waals surface area contributed by atoms with Gasteiger partial charge in [-0.2, -0.15) is 0 Å². The highest BCUT2D eigenvalue weighted by atomic mass is 32.2. The molecular formula is C16H14FNO5S. The van der Waals surface area contributed by atoms with Crippen LogP contribution in [0.2, 0.25) is 0 Å². The molecule has 0 fully saturated rings. The summed E-state index contributed by atoms with van der Waals surface area (Å²) in [5.41, 5.74) is -0.214. The Hall–Kier alpha value is -2.74. The minimum atomic E-state index is -3.53. The number of carbonyl (C=O) groups is 2. The molecule has 0 atom stereocenters. The molecular weight excluding hydrogens is 337 g/mol. The molecule has 2 aromatic rings. The lowest BCUT2D eigenvalue weighted by atomic mass is 10.2. The zero-order valence-corrected chi connectivity index (χ0v) is 13.5. The molecule has 2 rings (SSSR count). The second-order valence-corrected chi connectivity index (χ2v) is 6.86. The lowest BCUT2D eigenvalue weighted by molar-refractivity contribution is -0.119. The number of ether oxygens (including phenoxy) is 1. The van der Waals surface area contributed by atoms with Crippen molar-refractivity contribution in [3.63, 3.8) is 0 Å². The van der Waals surface area contributed by atoms with Crippen LogP contribution in [0.25, 0.3) is 0 Å². The molecule has 0 spiro atoms. The Morgan fingerprint density at radius 2 is 1.71 bits per heavy atom. The number of amides is 1. The number of hydrogen-bond donors (Lipinski definition) is 1. The Labute approximate surface area is 138 Å². The van der Waals surface area contributed by atoms with Crippen LogP contribution in [0.3, 0.4) is 0 Å². The van der Waals surface area contributed by atoms with Crippen molar-refractivity contribution in [2.75, 3.05) is 18.2 Å². The fourth-order valence-corrected chi connectivity index (χ4v) is 2.76. The first-order valence-electron chi connectivity index (χ1n) is 6.79. The maximum absolute atomic E-state index is 13.4. The number of anilines is 1. The summed E-state index contributed by atoms with van der Waals surface area (Å²) >= 11 is 0. The number of nitrogens with one attached hydrogen (secondary N) is 1. The number of rotatable bonds is 5. The van der Waals surface area contributed by atoms with E-state index in [4.69, 9.17) is 4.74 Å². The van der Waals surface area contributed by atoms with Gasteiger partial charge in [0, 0.05) is 6.26 Å². The van der Waals surface area contributed by atoms with Crippen molar-refractivity contribution in [2.24, 2.45) is 0 Å². The summed E-state index contributed by atoms with van der Waals surface area (Å²) in [5, 5.41) is 2.35. The van der Waals surface area contributed by atoms with E-state index in [9.17, 15) is 22.4 Å². The van der Waals surface area contributed by atoms with E-state index in [1.165, 1.54) is 36.4 Å². The zero-order chi connectivity index (χ0) is 17.7. The van der Waals surface area contributed by atoms with E-state index in [0.717, 1.165) is 12.3 Å². The number of esters is 1. The maximum atomic E-state index is 13.4. The summed E-state index contributed by atoms with van der Waals surface area (Å²) in [4.78, 5) is 23.5. The second kappa shape index (κ2) is 7.22. The van der Waals surface area contributed by atoms with Gasteiger partial charge in [-0.25, -0.2) is 17.6 Å². The summed E-state index contributed by atoms with van der Waals surface area (Å²) in [6.07, 6.45) is 1.01. The van der Waals surface area contributed by atoms with Crippen molar-refractivity contribution < 1.29 is 27.1 Å². The lowest BCUT2D eigenvalue weighted by Crippen LogP contribution is -2.22. The quantitative estimate of drug-likeness (QED) is 0.833. The Kier molecular flexibility index (Phi) is 5.30. The van der Waals surface area contributed by atoms with Crippen LogP contribution in [-0.4, -0.2) is 33.2 Å². The van der Waals surface area contributed by atoms with E-state index >= 15 is 0 Å². The van der Waals surface area contributed by atoms with Crippen molar-refractivity contribution in [1.82, 2.24) is 0 Å². The molecule has 2 aromatic carbocycles. The van der Waals surface area contributed by atoms with Crippen LogP contribution in [0, 0.1) is 5.82 Å². The van der Waals surface area contributed by atoms with Crippen molar-refractivity contribution >= 4 is 27.4 Å². The van der Waals surface area contributed by atoms with Crippen LogP contribution in [0.5, 0.6) is 0 Å². The number of para-hydroxylation sites is 1. The van der Waals surface area contributed by atoms with Gasteiger partial charge in [-0.15, -0.1) is 0 Å². The third kappa shape index (κ3) is 4.39. The molecule has 0 unspecified atom stereocenters. The van der Waals surface area contributed by atoms with E-state index < -0.39 is 34.1 Å². The largest absolute Gasteiger partial charge is 0.452 e. The van der Waals surface area contributed by atoms with E-state index in [1.807, 2.05) is 0 Å². The molecule has 0 aliphatic carbocycles. The van der Waals surface area contributed by atoms with Crippen molar-refractivity contribution in [1.29, 1.82) is 0 Å². The SMILES string of the molecule is CS(=O)(=O)c1ccccc1NC(=O)COC(=O)c1ccccc1F. The van der Waals surface area contributed by atoms with Gasteiger partial charge in [-0.1, -0.05) is 24.3 Å². The number of hydrogen-bond acceptors (Lipinski definition) is 5. The highest BCUT2D eigenvalue weighted by Crippen LogP contribution is 2.20. The fourth-order valence-electron chi connectivity index (χ4n) is 1.92. The molecule has 0 bridgehead atoms. The van der Waals surface area contributed by atoms with Gasteiger partial charge in [0.05, 0.1) is 16.1 Å². The third-order valence-electron chi connectivity index (χ3n) is 2.99. The van der Waals surface area contributed by atoms with Gasteiger partial charge in [0.2, 0.25) is 0 Å². The minimum Gasteiger partial charge on any atom is -0.452 e. The number of halogens is 1. The predicted octanol–water partition coefficient (Wildman–Crippen LogP) is 2.02. The molecule has 8 heteroatoms. The molecule has 0 aromatic heterocycles. The Morgan fingerprint density at radius 1 is 1.08 bits per heavy atom. The van der Waals surface area contributed by atoms with E-state index in [0.29, 0.717) is 0 Å². The summed E-state index contributed by atoms with van der Waals surface area (Å²) in [7, 11) is -3.53.